The molecule has 0 bridgehead atoms. The number of rotatable bonds is 17. The first-order valence-electron chi connectivity index (χ1n) is 28.0. The molecule has 8 aliphatic rings. The minimum atomic E-state index is -1.85. The van der Waals surface area contributed by atoms with E-state index in [2.05, 4.69) is 47.6 Å². The van der Waals surface area contributed by atoms with Crippen LogP contribution in [0.3, 0.4) is 0 Å². The summed E-state index contributed by atoms with van der Waals surface area (Å²) in [5.41, 5.74) is -2.12. The van der Waals surface area contributed by atoms with Gasteiger partial charge in [-0.2, -0.15) is 0 Å². The quantitative estimate of drug-likeness (QED) is 0.0637. The van der Waals surface area contributed by atoms with Gasteiger partial charge in [0.1, 0.15) is 97.7 Å². The molecule has 30 atom stereocenters. The highest BCUT2D eigenvalue weighted by Gasteiger charge is 2.70. The van der Waals surface area contributed by atoms with Gasteiger partial charge in [0, 0.05) is 10.8 Å². The fourth-order valence-electron chi connectivity index (χ4n) is 15.6. The Hall–Kier alpha value is -1.22. The summed E-state index contributed by atoms with van der Waals surface area (Å²) < 4.78 is 47.5. The van der Waals surface area contributed by atoms with E-state index >= 15 is 0 Å². The summed E-state index contributed by atoms with van der Waals surface area (Å²) in [6.07, 6.45) is -26.9. The van der Waals surface area contributed by atoms with Crippen LogP contribution in [0.1, 0.15) is 107 Å². The normalized spacial score (nSPS) is 51.4. The second-order valence-corrected chi connectivity index (χ2v) is 25.9. The SMILES string of the molecule is C[C@H](CC[C@@H](O[C@@H]1O[C@H](CO)[C@@H](O)[C@H](O)[C@H]1O[C@@H]1O[C@H](CO)[C@@H](O)[C@H](O)[C@H]1O)C(C)(C)O)[C@H]1CC[C@@]2(C)[C@H]3CC=C4[C@@H](CC[C@H](O[C@@H]5O[C@H](CO[C@@H]6O[C@H](CO)[C@@H](O)[C@H](O)[C@H]6O)[C@@H](O)[C@H](O)[C@H]5O)C4(C)C)[C@]3(C)[C@H](O)C[C@]12C. The van der Waals surface area contributed by atoms with Gasteiger partial charge in [0.2, 0.25) is 0 Å². The van der Waals surface area contributed by atoms with Crippen molar-refractivity contribution in [2.45, 2.75) is 253 Å². The molecule has 0 aromatic carbocycles. The van der Waals surface area contributed by atoms with Crippen molar-refractivity contribution in [3.63, 3.8) is 0 Å². The van der Waals surface area contributed by atoms with E-state index in [0.717, 1.165) is 18.4 Å². The summed E-state index contributed by atoms with van der Waals surface area (Å²) in [5, 5.41) is 172. The predicted molar refractivity (Wildman–Crippen MR) is 268 cm³/mol. The predicted octanol–water partition coefficient (Wildman–Crippen LogP) is -3.23. The average molecular weight is 1130 g/mol. The lowest BCUT2D eigenvalue weighted by Crippen LogP contribution is -2.65. The van der Waals surface area contributed by atoms with Crippen molar-refractivity contribution in [1.82, 2.24) is 0 Å². The largest absolute Gasteiger partial charge is 0.394 e. The maximum absolute atomic E-state index is 12.7. The Kier molecular flexibility index (Phi) is 19.1. The third-order valence-corrected chi connectivity index (χ3v) is 20.8. The number of hydrogen-bond acceptors (Lipinski definition) is 24. The van der Waals surface area contributed by atoms with E-state index in [-0.39, 0.29) is 40.9 Å². The number of ether oxygens (including phenoxy) is 8. The highest BCUT2D eigenvalue weighted by Crippen LogP contribution is 2.75. The van der Waals surface area contributed by atoms with Gasteiger partial charge in [0.05, 0.1) is 50.3 Å². The van der Waals surface area contributed by atoms with Gasteiger partial charge in [-0.1, -0.05) is 53.2 Å². The third-order valence-electron chi connectivity index (χ3n) is 20.8. The monoisotopic (exact) mass is 1120 g/mol. The lowest BCUT2D eigenvalue weighted by molar-refractivity contribution is -0.375. The number of aliphatic hydroxyl groups excluding tert-OH is 15. The molecule has 24 heteroatoms. The van der Waals surface area contributed by atoms with Gasteiger partial charge in [-0.15, -0.1) is 0 Å². The molecular weight excluding hydrogens is 1030 g/mol. The Morgan fingerprint density at radius 1 is 0.590 bits per heavy atom. The summed E-state index contributed by atoms with van der Waals surface area (Å²) in [7, 11) is 0. The molecule has 0 radical (unpaired) electrons. The van der Waals surface area contributed by atoms with E-state index in [1.54, 1.807) is 13.8 Å². The molecule has 3 saturated carbocycles. The summed E-state index contributed by atoms with van der Waals surface area (Å²) in [4.78, 5) is 0. The van der Waals surface area contributed by atoms with Crippen molar-refractivity contribution in [3.05, 3.63) is 11.6 Å². The molecule has 0 aromatic rings. The van der Waals surface area contributed by atoms with Crippen LogP contribution in [-0.2, 0) is 37.9 Å². The second-order valence-electron chi connectivity index (χ2n) is 25.9. The van der Waals surface area contributed by atoms with Crippen molar-refractivity contribution in [1.29, 1.82) is 0 Å². The van der Waals surface area contributed by atoms with E-state index in [1.165, 1.54) is 0 Å². The number of hydrogen-bond donors (Lipinski definition) is 16. The maximum Gasteiger partial charge on any atom is 0.187 e. The Balaban J connectivity index is 0.940. The van der Waals surface area contributed by atoms with Crippen molar-refractivity contribution in [3.8, 4) is 0 Å². The number of allylic oxidation sites excluding steroid dienone is 1. The van der Waals surface area contributed by atoms with Crippen LogP contribution in [0.25, 0.3) is 0 Å². The smallest absolute Gasteiger partial charge is 0.187 e. The van der Waals surface area contributed by atoms with Crippen molar-refractivity contribution >= 4 is 0 Å². The van der Waals surface area contributed by atoms with E-state index in [9.17, 15) is 81.7 Å². The highest BCUT2D eigenvalue weighted by atomic mass is 16.8. The minimum Gasteiger partial charge on any atom is -0.394 e. The molecule has 4 heterocycles. The van der Waals surface area contributed by atoms with E-state index in [1.807, 2.05) is 0 Å². The molecule has 0 aromatic heterocycles. The van der Waals surface area contributed by atoms with E-state index in [0.29, 0.717) is 32.1 Å². The highest BCUT2D eigenvalue weighted by molar-refractivity contribution is 5.32. The van der Waals surface area contributed by atoms with Gasteiger partial charge in [0.25, 0.3) is 0 Å². The topological polar surface area (TPSA) is 398 Å². The summed E-state index contributed by atoms with van der Waals surface area (Å²) in [5.74, 6) is 0.236. The molecular formula is C54H92O24. The Labute approximate surface area is 455 Å². The average Bonchev–Trinajstić information content (AvgIpc) is 2.93. The zero-order chi connectivity index (χ0) is 57.5. The standard InChI is InChI=1S/C54H92O24/c1-22(9-13-33(51(4,5)70)77-49-45(41(66)36(61)28(20-57)74-49)78-48-44(69)39(64)35(60)27(19-56)73-48)23-15-16-52(6)30-12-10-24-25(54(30,8)31(58)17-53(23,52)7)11-14-32(50(24,2)3)76-47-43(68)40(65)37(62)29(75-47)21-71-46-42(67)38(63)34(59)26(18-55)72-46/h10,22-23,25-49,55-70H,9,11-21H2,1-8H3/t22-,23-,25-,26-,27-,28-,29-,30-,31-,32+,33-,34-,35-,36-,37-,38+,39+,40+,41+,42-,43-,44-,45-,46-,47+,48+,49+,52+,53-,54+/m1/s1. The molecule has 16 N–H and O–H groups in total. The molecule has 78 heavy (non-hydrogen) atoms. The first kappa shape index (κ1) is 62.8. The molecule has 7 fully saturated rings. The van der Waals surface area contributed by atoms with Crippen LogP contribution in [0.2, 0.25) is 0 Å². The number of fused-ring (bicyclic) bond motifs is 5. The molecule has 0 spiro atoms. The van der Waals surface area contributed by atoms with Crippen molar-refractivity contribution in [2.75, 3.05) is 26.4 Å². The van der Waals surface area contributed by atoms with Crippen LogP contribution in [0, 0.1) is 45.3 Å². The van der Waals surface area contributed by atoms with Gasteiger partial charge in [0.15, 0.2) is 25.2 Å². The Bertz CT molecular complexity index is 2030. The number of aliphatic hydroxyl groups is 16. The molecule has 8 rings (SSSR count). The molecule has 0 amide bonds. The molecule has 4 aliphatic heterocycles. The fraction of sp³-hybridized carbons (Fsp3) is 0.963. The molecule has 4 aliphatic carbocycles. The molecule has 0 unspecified atom stereocenters. The fourth-order valence-corrected chi connectivity index (χ4v) is 15.6. The first-order valence-corrected chi connectivity index (χ1v) is 28.0. The minimum absolute atomic E-state index is 0.0338. The lowest BCUT2D eigenvalue weighted by atomic mass is 9.38. The van der Waals surface area contributed by atoms with Gasteiger partial charge < -0.3 is 120 Å². The van der Waals surface area contributed by atoms with Crippen LogP contribution in [0.4, 0.5) is 0 Å². The zero-order valence-electron chi connectivity index (χ0n) is 46.1. The summed E-state index contributed by atoms with van der Waals surface area (Å²) in [6.45, 7) is 13.6. The molecule has 4 saturated heterocycles. The zero-order valence-corrected chi connectivity index (χ0v) is 46.1. The molecule has 24 nitrogen and oxygen atoms in total. The summed E-state index contributed by atoms with van der Waals surface area (Å²) in [6, 6.07) is 0. The van der Waals surface area contributed by atoms with Crippen LogP contribution < -0.4 is 0 Å². The van der Waals surface area contributed by atoms with Gasteiger partial charge >= 0.3 is 0 Å². The van der Waals surface area contributed by atoms with Crippen LogP contribution in [0.15, 0.2) is 11.6 Å². The van der Waals surface area contributed by atoms with Crippen LogP contribution in [-0.4, -0.2) is 255 Å². The third kappa shape index (κ3) is 11.0. The summed E-state index contributed by atoms with van der Waals surface area (Å²) >= 11 is 0. The van der Waals surface area contributed by atoms with Gasteiger partial charge in [-0.3, -0.25) is 0 Å². The molecule has 452 valence electrons. The Morgan fingerprint density at radius 3 is 1.65 bits per heavy atom. The van der Waals surface area contributed by atoms with Crippen molar-refractivity contribution < 1.29 is 120 Å². The Morgan fingerprint density at radius 2 is 1.09 bits per heavy atom. The first-order chi connectivity index (χ1) is 36.4. The van der Waals surface area contributed by atoms with Crippen molar-refractivity contribution in [2.24, 2.45) is 45.3 Å². The van der Waals surface area contributed by atoms with Gasteiger partial charge in [-0.25, -0.2) is 0 Å². The maximum atomic E-state index is 12.7. The van der Waals surface area contributed by atoms with Crippen LogP contribution in [0.5, 0.6) is 0 Å². The van der Waals surface area contributed by atoms with E-state index < -0.39 is 184 Å². The second kappa shape index (κ2) is 23.7. The van der Waals surface area contributed by atoms with Gasteiger partial charge in [-0.05, 0) is 99.7 Å². The lowest BCUT2D eigenvalue weighted by Gasteiger charge is -2.67. The van der Waals surface area contributed by atoms with Crippen LogP contribution >= 0.6 is 0 Å². The van der Waals surface area contributed by atoms with E-state index in [4.69, 9.17) is 37.9 Å².